The average Bonchev–Trinajstić information content (AvgIpc) is 2.71. The molecule has 2 aliphatic rings. The van der Waals surface area contributed by atoms with Crippen molar-refractivity contribution in [1.82, 2.24) is 10.2 Å². The van der Waals surface area contributed by atoms with E-state index in [1.807, 2.05) is 11.8 Å². The smallest absolute Gasteiger partial charge is 0.223 e. The summed E-state index contributed by atoms with van der Waals surface area (Å²) < 4.78 is 13.4. The van der Waals surface area contributed by atoms with Crippen molar-refractivity contribution in [2.24, 2.45) is 5.41 Å². The molecule has 20 heavy (non-hydrogen) atoms. The van der Waals surface area contributed by atoms with Gasteiger partial charge in [0.15, 0.2) is 0 Å². The summed E-state index contributed by atoms with van der Waals surface area (Å²) in [5.74, 6) is -0.00983. The Labute approximate surface area is 119 Å². The van der Waals surface area contributed by atoms with Crippen LogP contribution in [0.2, 0.25) is 0 Å². The molecule has 4 heteroatoms. The van der Waals surface area contributed by atoms with E-state index in [1.165, 1.54) is 6.07 Å². The van der Waals surface area contributed by atoms with E-state index in [-0.39, 0.29) is 17.1 Å². The predicted molar refractivity (Wildman–Crippen MR) is 75.7 cm³/mol. The third-order valence-corrected chi connectivity index (χ3v) is 4.74. The molecule has 2 heterocycles. The molecule has 0 bridgehead atoms. The van der Waals surface area contributed by atoms with Crippen molar-refractivity contribution in [3.8, 4) is 0 Å². The molecule has 108 valence electrons. The van der Waals surface area contributed by atoms with Gasteiger partial charge < -0.3 is 10.2 Å². The van der Waals surface area contributed by atoms with Gasteiger partial charge in [-0.2, -0.15) is 0 Å². The minimum Gasteiger partial charge on any atom is -0.338 e. The molecule has 0 aromatic heterocycles. The predicted octanol–water partition coefficient (Wildman–Crippen LogP) is 2.24. The van der Waals surface area contributed by atoms with Crippen LogP contribution in [-0.4, -0.2) is 30.4 Å². The molecule has 2 fully saturated rings. The summed E-state index contributed by atoms with van der Waals surface area (Å²) in [6.07, 6.45) is 2.79. The highest BCUT2D eigenvalue weighted by molar-refractivity contribution is 5.79. The van der Waals surface area contributed by atoms with Crippen LogP contribution in [0.25, 0.3) is 0 Å². The van der Waals surface area contributed by atoms with Crippen LogP contribution in [-0.2, 0) is 11.3 Å². The fraction of sp³-hybridized carbons (Fsp3) is 0.562. The first-order valence-corrected chi connectivity index (χ1v) is 7.32. The number of piperidine rings is 1. The zero-order valence-corrected chi connectivity index (χ0v) is 11.9. The molecule has 0 unspecified atom stereocenters. The Bertz CT molecular complexity index is 523. The number of likely N-dealkylation sites (tertiary alicyclic amines) is 1. The number of amides is 1. The molecule has 0 atom stereocenters. The second-order valence-corrected chi connectivity index (χ2v) is 6.25. The molecule has 2 saturated heterocycles. The Morgan fingerprint density at radius 2 is 2.10 bits per heavy atom. The molecule has 0 radical (unpaired) electrons. The van der Waals surface area contributed by atoms with Gasteiger partial charge in [0, 0.05) is 19.5 Å². The second-order valence-electron chi connectivity index (χ2n) is 6.25. The molecule has 0 saturated carbocycles. The number of rotatable bonds is 2. The van der Waals surface area contributed by atoms with E-state index in [1.54, 1.807) is 12.1 Å². The van der Waals surface area contributed by atoms with E-state index < -0.39 is 0 Å². The summed E-state index contributed by atoms with van der Waals surface area (Å²) in [5, 5.41) is 3.35. The van der Waals surface area contributed by atoms with Crippen LogP contribution < -0.4 is 5.32 Å². The van der Waals surface area contributed by atoms with Crippen LogP contribution in [0.1, 0.15) is 30.4 Å². The molecule has 3 rings (SSSR count). The van der Waals surface area contributed by atoms with Gasteiger partial charge in [-0.05, 0) is 61.5 Å². The molecular weight excluding hydrogens is 255 g/mol. The number of carbonyl (C=O) groups is 1. The third kappa shape index (κ3) is 2.57. The number of hydrogen-bond acceptors (Lipinski definition) is 2. The van der Waals surface area contributed by atoms with Gasteiger partial charge in [0.25, 0.3) is 0 Å². The van der Waals surface area contributed by atoms with Gasteiger partial charge in [-0.25, -0.2) is 4.39 Å². The minimum absolute atomic E-state index is 0.156. The molecule has 2 aliphatic heterocycles. The summed E-state index contributed by atoms with van der Waals surface area (Å²) in [6, 6.07) is 4.81. The SMILES string of the molecule is Cc1ccc(F)cc1CN1CC2(CCNCC2)CC1=O. The van der Waals surface area contributed by atoms with Crippen LogP contribution in [0.4, 0.5) is 4.39 Å². The molecule has 0 aliphatic carbocycles. The minimum atomic E-state index is -0.228. The number of hydrogen-bond donors (Lipinski definition) is 1. The fourth-order valence-corrected chi connectivity index (χ4v) is 3.43. The summed E-state index contributed by atoms with van der Waals surface area (Å²) in [7, 11) is 0. The third-order valence-electron chi connectivity index (χ3n) is 4.74. The van der Waals surface area contributed by atoms with E-state index >= 15 is 0 Å². The monoisotopic (exact) mass is 276 g/mol. The average molecular weight is 276 g/mol. The number of carbonyl (C=O) groups excluding carboxylic acids is 1. The second kappa shape index (κ2) is 5.17. The largest absolute Gasteiger partial charge is 0.338 e. The molecule has 1 amide bonds. The van der Waals surface area contributed by atoms with Crippen LogP contribution in [0.5, 0.6) is 0 Å². The zero-order valence-electron chi connectivity index (χ0n) is 11.9. The lowest BCUT2D eigenvalue weighted by Crippen LogP contribution is -2.38. The maximum Gasteiger partial charge on any atom is 0.223 e. The summed E-state index contributed by atoms with van der Waals surface area (Å²) in [4.78, 5) is 14.2. The first-order valence-electron chi connectivity index (χ1n) is 7.32. The Morgan fingerprint density at radius 1 is 1.35 bits per heavy atom. The Balaban J connectivity index is 1.75. The van der Waals surface area contributed by atoms with Crippen molar-refractivity contribution in [2.45, 2.75) is 32.7 Å². The topological polar surface area (TPSA) is 32.3 Å². The maximum atomic E-state index is 13.4. The summed E-state index contributed by atoms with van der Waals surface area (Å²) >= 11 is 0. The van der Waals surface area contributed by atoms with Crippen molar-refractivity contribution in [3.05, 3.63) is 35.1 Å². The normalized spacial score (nSPS) is 21.7. The van der Waals surface area contributed by atoms with Gasteiger partial charge in [0.1, 0.15) is 5.82 Å². The van der Waals surface area contributed by atoms with Gasteiger partial charge in [0.05, 0.1) is 0 Å². The first kappa shape index (κ1) is 13.6. The highest BCUT2D eigenvalue weighted by Gasteiger charge is 2.43. The Morgan fingerprint density at radius 3 is 2.85 bits per heavy atom. The molecule has 1 N–H and O–H groups in total. The van der Waals surface area contributed by atoms with E-state index in [0.29, 0.717) is 13.0 Å². The number of halogens is 1. The van der Waals surface area contributed by atoms with Crippen molar-refractivity contribution in [3.63, 3.8) is 0 Å². The van der Waals surface area contributed by atoms with Gasteiger partial charge >= 0.3 is 0 Å². The summed E-state index contributed by atoms with van der Waals surface area (Å²) in [6.45, 7) is 5.33. The van der Waals surface area contributed by atoms with Crippen molar-refractivity contribution < 1.29 is 9.18 Å². The van der Waals surface area contributed by atoms with Crippen LogP contribution in [0.3, 0.4) is 0 Å². The number of aryl methyl sites for hydroxylation is 1. The van der Waals surface area contributed by atoms with Crippen molar-refractivity contribution in [2.75, 3.05) is 19.6 Å². The number of nitrogens with zero attached hydrogens (tertiary/aromatic N) is 1. The van der Waals surface area contributed by atoms with Crippen molar-refractivity contribution in [1.29, 1.82) is 0 Å². The van der Waals surface area contributed by atoms with E-state index in [0.717, 1.165) is 43.6 Å². The highest BCUT2D eigenvalue weighted by Crippen LogP contribution is 2.39. The van der Waals surface area contributed by atoms with Crippen LogP contribution in [0.15, 0.2) is 18.2 Å². The highest BCUT2D eigenvalue weighted by atomic mass is 19.1. The fourth-order valence-electron chi connectivity index (χ4n) is 3.43. The maximum absolute atomic E-state index is 13.4. The number of nitrogens with one attached hydrogen (secondary N) is 1. The lowest BCUT2D eigenvalue weighted by atomic mass is 9.78. The first-order chi connectivity index (χ1) is 9.58. The molecule has 1 aromatic carbocycles. The Kier molecular flexibility index (Phi) is 3.50. The van der Waals surface area contributed by atoms with Gasteiger partial charge in [-0.3, -0.25) is 4.79 Å². The van der Waals surface area contributed by atoms with Crippen LogP contribution >= 0.6 is 0 Å². The van der Waals surface area contributed by atoms with Gasteiger partial charge in [0.2, 0.25) is 5.91 Å². The van der Waals surface area contributed by atoms with Crippen LogP contribution in [0, 0.1) is 18.2 Å². The summed E-state index contributed by atoms with van der Waals surface area (Å²) in [5.41, 5.74) is 2.12. The molecule has 1 spiro atoms. The quantitative estimate of drug-likeness (QED) is 0.898. The number of benzene rings is 1. The van der Waals surface area contributed by atoms with Crippen molar-refractivity contribution >= 4 is 5.91 Å². The molecule has 1 aromatic rings. The zero-order chi connectivity index (χ0) is 14.2. The molecular formula is C16H21FN2O. The van der Waals surface area contributed by atoms with Gasteiger partial charge in [-0.15, -0.1) is 0 Å². The standard InChI is InChI=1S/C16H21FN2O/c1-12-2-3-14(17)8-13(12)10-19-11-16(9-15(19)20)4-6-18-7-5-16/h2-3,8,18H,4-7,9-11H2,1H3. The molecule has 3 nitrogen and oxygen atoms in total. The van der Waals surface area contributed by atoms with Gasteiger partial charge in [-0.1, -0.05) is 6.07 Å². The lowest BCUT2D eigenvalue weighted by Gasteiger charge is -2.33. The van der Waals surface area contributed by atoms with E-state index in [4.69, 9.17) is 0 Å². The van der Waals surface area contributed by atoms with E-state index in [9.17, 15) is 9.18 Å². The lowest BCUT2D eigenvalue weighted by molar-refractivity contribution is -0.128. The Hall–Kier alpha value is -1.42. The van der Waals surface area contributed by atoms with E-state index in [2.05, 4.69) is 5.32 Å².